The van der Waals surface area contributed by atoms with Crippen LogP contribution in [0.1, 0.15) is 21.5 Å². The second-order valence-electron chi connectivity index (χ2n) is 7.09. The Labute approximate surface area is 173 Å². The normalized spacial score (nSPS) is 13.6. The van der Waals surface area contributed by atoms with Crippen LogP contribution in [-0.4, -0.2) is 27.7 Å². The van der Waals surface area contributed by atoms with Crippen molar-refractivity contribution in [2.24, 2.45) is 0 Å². The van der Waals surface area contributed by atoms with Crippen LogP contribution >= 0.6 is 0 Å². The zero-order valence-corrected chi connectivity index (χ0v) is 16.0. The van der Waals surface area contributed by atoms with E-state index in [9.17, 15) is 19.7 Å². The minimum atomic E-state index is -0.758. The molecule has 150 valence electrons. The first-order valence-electron chi connectivity index (χ1n) is 9.51. The van der Waals surface area contributed by atoms with Gasteiger partial charge in [0, 0.05) is 36.3 Å². The Kier molecular flexibility index (Phi) is 5.26. The lowest BCUT2D eigenvalue weighted by atomic mass is 10.0. The molecule has 4 rings (SSSR count). The van der Waals surface area contributed by atoms with Gasteiger partial charge in [-0.15, -0.1) is 0 Å². The SMILES string of the molecule is O=C(Nc1cccc([N+](=O)[O-])c1)[C@@H](Cc1ccccc1)N1Cc2ccccc2C1=O. The van der Waals surface area contributed by atoms with Crippen LogP contribution in [0.2, 0.25) is 0 Å². The van der Waals surface area contributed by atoms with Gasteiger partial charge in [0.1, 0.15) is 6.04 Å². The third-order valence-corrected chi connectivity index (χ3v) is 5.12. The average molecular weight is 401 g/mol. The van der Waals surface area contributed by atoms with Crippen molar-refractivity contribution in [2.75, 3.05) is 5.32 Å². The summed E-state index contributed by atoms with van der Waals surface area (Å²) in [5.41, 5.74) is 2.59. The predicted molar refractivity (Wildman–Crippen MR) is 112 cm³/mol. The number of non-ortho nitro benzene ring substituents is 1. The van der Waals surface area contributed by atoms with Crippen LogP contribution in [-0.2, 0) is 17.8 Å². The Morgan fingerprint density at radius 3 is 2.50 bits per heavy atom. The number of carbonyl (C=O) groups is 2. The molecular weight excluding hydrogens is 382 g/mol. The highest BCUT2D eigenvalue weighted by molar-refractivity contribution is 6.03. The van der Waals surface area contributed by atoms with Crippen molar-refractivity contribution in [1.82, 2.24) is 4.90 Å². The number of nitro groups is 1. The van der Waals surface area contributed by atoms with Gasteiger partial charge < -0.3 is 10.2 Å². The van der Waals surface area contributed by atoms with E-state index in [1.807, 2.05) is 42.5 Å². The Bertz CT molecular complexity index is 1110. The zero-order chi connectivity index (χ0) is 21.1. The minimum absolute atomic E-state index is 0.114. The molecule has 3 aromatic rings. The summed E-state index contributed by atoms with van der Waals surface area (Å²) in [5.74, 6) is -0.582. The summed E-state index contributed by atoms with van der Waals surface area (Å²) < 4.78 is 0. The van der Waals surface area contributed by atoms with Crippen molar-refractivity contribution in [2.45, 2.75) is 19.0 Å². The Morgan fingerprint density at radius 2 is 1.77 bits per heavy atom. The maximum atomic E-state index is 13.2. The molecule has 1 aliphatic heterocycles. The molecule has 1 aliphatic rings. The van der Waals surface area contributed by atoms with E-state index in [0.717, 1.165) is 11.1 Å². The molecule has 0 fully saturated rings. The van der Waals surface area contributed by atoms with Gasteiger partial charge in [-0.2, -0.15) is 0 Å². The maximum absolute atomic E-state index is 13.2. The van der Waals surface area contributed by atoms with E-state index in [1.165, 1.54) is 18.2 Å². The lowest BCUT2D eigenvalue weighted by Gasteiger charge is -2.27. The molecule has 1 N–H and O–H groups in total. The minimum Gasteiger partial charge on any atom is -0.324 e. The van der Waals surface area contributed by atoms with E-state index in [4.69, 9.17) is 0 Å². The molecule has 0 aromatic heterocycles. The van der Waals surface area contributed by atoms with Crippen molar-refractivity contribution in [3.8, 4) is 0 Å². The molecule has 0 saturated carbocycles. The molecule has 0 saturated heterocycles. The summed E-state index contributed by atoms with van der Waals surface area (Å²) in [4.78, 5) is 38.3. The number of hydrogen-bond acceptors (Lipinski definition) is 4. The van der Waals surface area contributed by atoms with E-state index >= 15 is 0 Å². The topological polar surface area (TPSA) is 92.5 Å². The van der Waals surface area contributed by atoms with Gasteiger partial charge in [-0.05, 0) is 23.3 Å². The Balaban J connectivity index is 1.62. The van der Waals surface area contributed by atoms with Gasteiger partial charge in [-0.3, -0.25) is 19.7 Å². The molecule has 7 nitrogen and oxygen atoms in total. The quantitative estimate of drug-likeness (QED) is 0.502. The third-order valence-electron chi connectivity index (χ3n) is 5.12. The largest absolute Gasteiger partial charge is 0.324 e. The first-order valence-corrected chi connectivity index (χ1v) is 9.51. The van der Waals surface area contributed by atoms with E-state index in [-0.39, 0.29) is 17.5 Å². The highest BCUT2D eigenvalue weighted by atomic mass is 16.6. The zero-order valence-electron chi connectivity index (χ0n) is 16.0. The van der Waals surface area contributed by atoms with Crippen molar-refractivity contribution < 1.29 is 14.5 Å². The standard InChI is InChI=1S/C23H19N3O4/c27-22(24-18-10-6-11-19(14-18)26(29)30)21(13-16-7-2-1-3-8-16)25-15-17-9-4-5-12-20(17)23(25)28/h1-12,14,21H,13,15H2,(H,24,27)/t21-/m1/s1. The van der Waals surface area contributed by atoms with Crippen molar-refractivity contribution in [3.63, 3.8) is 0 Å². The first kappa shape index (κ1) is 19.3. The summed E-state index contributed by atoms with van der Waals surface area (Å²) in [6.07, 6.45) is 0.335. The van der Waals surface area contributed by atoms with Crippen LogP contribution in [0.15, 0.2) is 78.9 Å². The fourth-order valence-electron chi connectivity index (χ4n) is 3.63. The number of nitrogens with one attached hydrogen (secondary N) is 1. The molecule has 0 aliphatic carbocycles. The molecule has 1 atom stereocenters. The Morgan fingerprint density at radius 1 is 1.03 bits per heavy atom. The average Bonchev–Trinajstić information content (AvgIpc) is 3.09. The molecule has 1 heterocycles. The van der Waals surface area contributed by atoms with Gasteiger partial charge >= 0.3 is 0 Å². The fourth-order valence-corrected chi connectivity index (χ4v) is 3.63. The van der Waals surface area contributed by atoms with Gasteiger partial charge in [0.15, 0.2) is 0 Å². The summed E-state index contributed by atoms with van der Waals surface area (Å²) in [7, 11) is 0. The second-order valence-corrected chi connectivity index (χ2v) is 7.09. The molecule has 0 unspecified atom stereocenters. The third kappa shape index (κ3) is 3.91. The monoisotopic (exact) mass is 401 g/mol. The van der Waals surface area contributed by atoms with Crippen molar-refractivity contribution in [1.29, 1.82) is 0 Å². The number of nitro benzene ring substituents is 1. The Hall–Kier alpha value is -4.00. The second kappa shape index (κ2) is 8.16. The van der Waals surface area contributed by atoms with E-state index in [2.05, 4.69) is 5.32 Å². The molecule has 3 aromatic carbocycles. The molecule has 0 spiro atoms. The van der Waals surface area contributed by atoms with E-state index in [0.29, 0.717) is 24.2 Å². The number of nitrogens with zero attached hydrogens (tertiary/aromatic N) is 2. The summed E-state index contributed by atoms with van der Waals surface area (Å²) >= 11 is 0. The highest BCUT2D eigenvalue weighted by Crippen LogP contribution is 2.27. The number of benzene rings is 3. The van der Waals surface area contributed by atoms with E-state index in [1.54, 1.807) is 23.1 Å². The van der Waals surface area contributed by atoms with Gasteiger partial charge in [-0.25, -0.2) is 0 Å². The summed E-state index contributed by atoms with van der Waals surface area (Å²) in [6.45, 7) is 0.342. The highest BCUT2D eigenvalue weighted by Gasteiger charge is 2.36. The van der Waals surface area contributed by atoms with Crippen molar-refractivity contribution in [3.05, 3.63) is 106 Å². The van der Waals surface area contributed by atoms with Crippen LogP contribution in [0, 0.1) is 10.1 Å². The van der Waals surface area contributed by atoms with Gasteiger partial charge in [0.05, 0.1) is 4.92 Å². The molecule has 0 bridgehead atoms. The summed E-state index contributed by atoms with van der Waals surface area (Å²) in [6, 6.07) is 21.8. The smallest absolute Gasteiger partial charge is 0.271 e. The predicted octanol–water partition coefficient (Wildman–Crippen LogP) is 3.80. The molecule has 0 radical (unpaired) electrons. The first-order chi connectivity index (χ1) is 14.5. The van der Waals surface area contributed by atoms with E-state index < -0.39 is 11.0 Å². The number of fused-ring (bicyclic) bond motifs is 1. The maximum Gasteiger partial charge on any atom is 0.271 e. The molecule has 7 heteroatoms. The van der Waals surface area contributed by atoms with Crippen LogP contribution in [0.25, 0.3) is 0 Å². The van der Waals surface area contributed by atoms with Crippen LogP contribution in [0.4, 0.5) is 11.4 Å². The van der Waals surface area contributed by atoms with Gasteiger partial charge in [0.25, 0.3) is 11.6 Å². The van der Waals surface area contributed by atoms with Crippen LogP contribution in [0.5, 0.6) is 0 Å². The lowest BCUT2D eigenvalue weighted by molar-refractivity contribution is -0.384. The summed E-state index contributed by atoms with van der Waals surface area (Å²) in [5, 5.41) is 13.8. The molecule has 2 amide bonds. The number of anilines is 1. The lowest BCUT2D eigenvalue weighted by Crippen LogP contribution is -2.45. The number of amides is 2. The van der Waals surface area contributed by atoms with Crippen LogP contribution < -0.4 is 5.32 Å². The number of carbonyl (C=O) groups excluding carboxylic acids is 2. The number of hydrogen-bond donors (Lipinski definition) is 1. The molecular formula is C23H19N3O4. The fraction of sp³-hybridized carbons (Fsp3) is 0.130. The number of rotatable bonds is 6. The van der Waals surface area contributed by atoms with Crippen LogP contribution in [0.3, 0.4) is 0 Å². The van der Waals surface area contributed by atoms with Crippen molar-refractivity contribution >= 4 is 23.2 Å². The van der Waals surface area contributed by atoms with Gasteiger partial charge in [0.2, 0.25) is 5.91 Å². The molecule has 30 heavy (non-hydrogen) atoms. The van der Waals surface area contributed by atoms with Gasteiger partial charge in [-0.1, -0.05) is 54.6 Å².